The van der Waals surface area contributed by atoms with Gasteiger partial charge in [-0.1, -0.05) is 5.21 Å². The number of aromatic nitrogens is 6. The number of carboxylic acid groups (broad SMARTS) is 1. The normalized spacial score (nSPS) is 24.7. The molecule has 0 saturated heterocycles. The van der Waals surface area contributed by atoms with Gasteiger partial charge in [0.05, 0.1) is 29.8 Å². The fourth-order valence-corrected chi connectivity index (χ4v) is 5.42. The summed E-state index contributed by atoms with van der Waals surface area (Å²) in [5, 5.41) is 17.8. The standard InChI is InChI=1S/C25H29FN6O5/c1-14-21(37-17-10-15-6-8-25(26,23(33)34)18(15)11-17)5-4-19(28-14)22-20(32(2)31-30-22)13-36-24-27-9-7-16(29-24)12-35-3/h4-5,7,9,15,17-18H,6,8,10-13H2,1-3H3,(H,33,34). The van der Waals surface area contributed by atoms with Crippen molar-refractivity contribution in [1.29, 1.82) is 0 Å². The zero-order chi connectivity index (χ0) is 26.2. The third kappa shape index (κ3) is 4.85. The molecular formula is C25H29FN6O5. The van der Waals surface area contributed by atoms with Crippen molar-refractivity contribution < 1.29 is 28.5 Å². The van der Waals surface area contributed by atoms with Crippen LogP contribution >= 0.6 is 0 Å². The van der Waals surface area contributed by atoms with Crippen molar-refractivity contribution in [1.82, 2.24) is 29.9 Å². The molecule has 0 aromatic carbocycles. The van der Waals surface area contributed by atoms with E-state index in [4.69, 9.17) is 14.2 Å². The molecule has 0 aliphatic heterocycles. The number of nitrogens with zero attached hydrogens (tertiary/aromatic N) is 6. The molecule has 3 aromatic heterocycles. The van der Waals surface area contributed by atoms with Crippen molar-refractivity contribution in [2.45, 2.75) is 57.6 Å². The van der Waals surface area contributed by atoms with Gasteiger partial charge in [-0.2, -0.15) is 4.98 Å². The van der Waals surface area contributed by atoms with Gasteiger partial charge in [0, 0.05) is 26.3 Å². The van der Waals surface area contributed by atoms with Crippen LogP contribution in [0.15, 0.2) is 24.4 Å². The van der Waals surface area contributed by atoms with E-state index in [9.17, 15) is 14.3 Å². The molecule has 2 fully saturated rings. The van der Waals surface area contributed by atoms with Crippen LogP contribution in [0.2, 0.25) is 0 Å². The molecular weight excluding hydrogens is 483 g/mol. The zero-order valence-electron chi connectivity index (χ0n) is 20.9. The van der Waals surface area contributed by atoms with Crippen molar-refractivity contribution in [2.75, 3.05) is 7.11 Å². The van der Waals surface area contributed by atoms with E-state index in [0.29, 0.717) is 60.1 Å². The lowest BCUT2D eigenvalue weighted by atomic mass is 9.89. The number of fused-ring (bicyclic) bond motifs is 1. The van der Waals surface area contributed by atoms with E-state index in [2.05, 4.69) is 25.3 Å². The van der Waals surface area contributed by atoms with Crippen molar-refractivity contribution in [3.8, 4) is 23.1 Å². The predicted octanol–water partition coefficient (Wildman–Crippen LogP) is 3.06. The summed E-state index contributed by atoms with van der Waals surface area (Å²) in [5.41, 5.74) is 1.05. The number of halogens is 1. The molecule has 196 valence electrons. The fourth-order valence-electron chi connectivity index (χ4n) is 5.42. The summed E-state index contributed by atoms with van der Waals surface area (Å²) in [6.07, 6.45) is 3.04. The summed E-state index contributed by atoms with van der Waals surface area (Å²) in [6.45, 7) is 2.31. The van der Waals surface area contributed by atoms with E-state index < -0.39 is 17.6 Å². The van der Waals surface area contributed by atoms with Crippen LogP contribution in [0.25, 0.3) is 11.4 Å². The van der Waals surface area contributed by atoms with Crippen LogP contribution in [0.3, 0.4) is 0 Å². The molecule has 4 atom stereocenters. The van der Waals surface area contributed by atoms with Gasteiger partial charge in [0.2, 0.25) is 5.67 Å². The van der Waals surface area contributed by atoms with Crippen LogP contribution < -0.4 is 9.47 Å². The summed E-state index contributed by atoms with van der Waals surface area (Å²) in [7, 11) is 3.36. The summed E-state index contributed by atoms with van der Waals surface area (Å²) >= 11 is 0. The molecule has 37 heavy (non-hydrogen) atoms. The van der Waals surface area contributed by atoms with E-state index in [0.717, 1.165) is 0 Å². The van der Waals surface area contributed by atoms with Gasteiger partial charge in [0.15, 0.2) is 0 Å². The number of aliphatic carboxylic acids is 1. The van der Waals surface area contributed by atoms with Crippen LogP contribution in [-0.2, 0) is 29.8 Å². The number of rotatable bonds is 9. The van der Waals surface area contributed by atoms with E-state index in [1.807, 2.05) is 13.0 Å². The number of aryl methyl sites for hydroxylation is 2. The Hall–Kier alpha value is -3.67. The van der Waals surface area contributed by atoms with Crippen LogP contribution in [-0.4, -0.2) is 59.9 Å². The highest BCUT2D eigenvalue weighted by Gasteiger charge is 2.58. The number of pyridine rings is 1. The quantitative estimate of drug-likeness (QED) is 0.456. The Balaban J connectivity index is 1.28. The first-order valence-corrected chi connectivity index (χ1v) is 12.2. The molecule has 2 aliphatic carbocycles. The molecule has 12 heteroatoms. The van der Waals surface area contributed by atoms with Crippen molar-refractivity contribution in [3.63, 3.8) is 0 Å². The van der Waals surface area contributed by atoms with Gasteiger partial charge in [0.25, 0.3) is 0 Å². The smallest absolute Gasteiger partial charge is 0.341 e. The maximum atomic E-state index is 15.0. The van der Waals surface area contributed by atoms with Gasteiger partial charge in [-0.05, 0) is 56.7 Å². The monoisotopic (exact) mass is 512 g/mol. The second-order valence-corrected chi connectivity index (χ2v) is 9.62. The highest BCUT2D eigenvalue weighted by molar-refractivity contribution is 5.78. The summed E-state index contributed by atoms with van der Waals surface area (Å²) in [5.74, 6) is -1.26. The van der Waals surface area contributed by atoms with Gasteiger partial charge in [-0.3, -0.25) is 0 Å². The summed E-state index contributed by atoms with van der Waals surface area (Å²) in [6, 6.07) is 5.57. The third-order valence-electron chi connectivity index (χ3n) is 7.31. The number of hydrogen-bond donors (Lipinski definition) is 1. The van der Waals surface area contributed by atoms with Crippen LogP contribution in [0, 0.1) is 18.8 Å². The molecule has 2 saturated carbocycles. The summed E-state index contributed by atoms with van der Waals surface area (Å²) in [4.78, 5) is 24.6. The first-order valence-electron chi connectivity index (χ1n) is 12.2. The Morgan fingerprint density at radius 3 is 2.84 bits per heavy atom. The Morgan fingerprint density at radius 2 is 2.08 bits per heavy atom. The number of ether oxygens (including phenoxy) is 3. The maximum Gasteiger partial charge on any atom is 0.341 e. The average molecular weight is 513 g/mol. The molecule has 0 radical (unpaired) electrons. The van der Waals surface area contributed by atoms with Crippen LogP contribution in [0.4, 0.5) is 4.39 Å². The topological polar surface area (TPSA) is 134 Å². The molecule has 3 aromatic rings. The van der Waals surface area contributed by atoms with Gasteiger partial charge < -0.3 is 19.3 Å². The Labute approximate surface area is 213 Å². The number of carboxylic acids is 1. The minimum absolute atomic E-state index is 0.0277. The Morgan fingerprint density at radius 1 is 1.24 bits per heavy atom. The zero-order valence-corrected chi connectivity index (χ0v) is 20.9. The van der Waals surface area contributed by atoms with E-state index in [1.165, 1.54) is 0 Å². The second-order valence-electron chi connectivity index (χ2n) is 9.62. The molecule has 4 unspecified atom stereocenters. The van der Waals surface area contributed by atoms with Crippen LogP contribution in [0.5, 0.6) is 11.8 Å². The number of alkyl halides is 1. The van der Waals surface area contributed by atoms with Gasteiger partial charge in [-0.25, -0.2) is 23.8 Å². The fraction of sp³-hybridized carbons (Fsp3) is 0.520. The summed E-state index contributed by atoms with van der Waals surface area (Å²) < 4.78 is 33.6. The number of carbonyl (C=O) groups is 1. The van der Waals surface area contributed by atoms with E-state index in [1.54, 1.807) is 37.2 Å². The Bertz CT molecular complexity index is 1300. The molecule has 0 amide bonds. The largest absolute Gasteiger partial charge is 0.489 e. The lowest BCUT2D eigenvalue weighted by Crippen LogP contribution is -2.38. The molecule has 0 spiro atoms. The number of methoxy groups -OCH3 is 1. The molecule has 1 N–H and O–H groups in total. The lowest BCUT2D eigenvalue weighted by Gasteiger charge is -2.22. The number of hydrogen-bond acceptors (Lipinski definition) is 9. The van der Waals surface area contributed by atoms with Crippen molar-refractivity contribution in [2.24, 2.45) is 18.9 Å². The van der Waals surface area contributed by atoms with Crippen LogP contribution in [0.1, 0.15) is 42.8 Å². The Kier molecular flexibility index (Phi) is 6.76. The minimum atomic E-state index is -2.15. The highest BCUT2D eigenvalue weighted by atomic mass is 19.1. The first-order chi connectivity index (χ1) is 17.8. The third-order valence-corrected chi connectivity index (χ3v) is 7.31. The molecule has 11 nitrogen and oxygen atoms in total. The van der Waals surface area contributed by atoms with Crippen molar-refractivity contribution in [3.05, 3.63) is 41.5 Å². The van der Waals surface area contributed by atoms with Gasteiger partial charge in [0.1, 0.15) is 23.7 Å². The SMILES string of the molecule is COCc1ccnc(OCc2c(-c3ccc(OC4CC5CCC(F)(C(=O)O)C5C4)c(C)n3)nnn2C)n1. The molecule has 0 bridgehead atoms. The van der Waals surface area contributed by atoms with Gasteiger partial charge >= 0.3 is 12.0 Å². The first kappa shape index (κ1) is 25.0. The lowest BCUT2D eigenvalue weighted by molar-refractivity contribution is -0.153. The minimum Gasteiger partial charge on any atom is -0.489 e. The van der Waals surface area contributed by atoms with E-state index in [-0.39, 0.29) is 31.1 Å². The molecule has 2 aliphatic rings. The van der Waals surface area contributed by atoms with Crippen molar-refractivity contribution >= 4 is 5.97 Å². The van der Waals surface area contributed by atoms with Gasteiger partial charge in [-0.15, -0.1) is 5.10 Å². The predicted molar refractivity (Wildman–Crippen MR) is 127 cm³/mol. The van der Waals surface area contributed by atoms with E-state index >= 15 is 0 Å². The molecule has 3 heterocycles. The maximum absolute atomic E-state index is 15.0. The molecule has 5 rings (SSSR count). The highest BCUT2D eigenvalue weighted by Crippen LogP contribution is 2.52. The second kappa shape index (κ2) is 10.0. The average Bonchev–Trinajstić information content (AvgIpc) is 3.54.